The third-order valence-corrected chi connectivity index (χ3v) is 4.32. The maximum atomic E-state index is 12.0. The molecule has 1 N–H and O–H groups in total. The highest BCUT2D eigenvalue weighted by Gasteiger charge is 2.26. The topological polar surface area (TPSA) is 49.4 Å². The first-order chi connectivity index (χ1) is 8.49. The van der Waals surface area contributed by atoms with E-state index in [1.807, 2.05) is 6.92 Å². The first-order valence-electron chi connectivity index (χ1n) is 6.12. The smallest absolute Gasteiger partial charge is 0.242 e. The van der Waals surface area contributed by atoms with Gasteiger partial charge in [0.05, 0.1) is 12.6 Å². The molecular weight excluding hydrogens is 248 g/mol. The molecule has 1 saturated heterocycles. The third-order valence-electron chi connectivity index (χ3n) is 3.33. The van der Waals surface area contributed by atoms with Crippen LogP contribution in [0.15, 0.2) is 6.07 Å². The molecule has 1 fully saturated rings. The SMILES string of the molecule is Cc1cc(C(C)N2CCC(=O)NCC2=O)c(C)s1. The van der Waals surface area contributed by atoms with Gasteiger partial charge >= 0.3 is 0 Å². The van der Waals surface area contributed by atoms with Crippen LogP contribution in [-0.2, 0) is 9.59 Å². The van der Waals surface area contributed by atoms with E-state index in [1.54, 1.807) is 16.2 Å². The molecule has 0 radical (unpaired) electrons. The summed E-state index contributed by atoms with van der Waals surface area (Å²) in [6.45, 7) is 6.80. The second kappa shape index (κ2) is 5.10. The Balaban J connectivity index is 2.21. The van der Waals surface area contributed by atoms with Gasteiger partial charge in [-0.3, -0.25) is 9.59 Å². The number of carbonyl (C=O) groups is 2. The summed E-state index contributed by atoms with van der Waals surface area (Å²) in [5.74, 6) is -0.0483. The molecule has 1 atom stereocenters. The van der Waals surface area contributed by atoms with Gasteiger partial charge in [0, 0.05) is 22.7 Å². The van der Waals surface area contributed by atoms with Crippen molar-refractivity contribution in [1.29, 1.82) is 0 Å². The molecule has 0 saturated carbocycles. The Labute approximate surface area is 111 Å². The van der Waals surface area contributed by atoms with Crippen LogP contribution in [0.3, 0.4) is 0 Å². The van der Waals surface area contributed by atoms with Gasteiger partial charge < -0.3 is 10.2 Å². The van der Waals surface area contributed by atoms with E-state index in [9.17, 15) is 9.59 Å². The van der Waals surface area contributed by atoms with E-state index in [1.165, 1.54) is 15.3 Å². The summed E-state index contributed by atoms with van der Waals surface area (Å²) in [6, 6.07) is 2.17. The number of hydrogen-bond donors (Lipinski definition) is 1. The molecule has 5 heteroatoms. The predicted molar refractivity (Wildman–Crippen MR) is 71.5 cm³/mol. The second-order valence-electron chi connectivity index (χ2n) is 4.66. The molecule has 1 unspecified atom stereocenters. The molecule has 0 aliphatic carbocycles. The van der Waals surface area contributed by atoms with Crippen LogP contribution < -0.4 is 5.32 Å². The lowest BCUT2D eigenvalue weighted by atomic mass is 10.1. The molecular formula is C13H18N2O2S. The van der Waals surface area contributed by atoms with Gasteiger partial charge in [-0.2, -0.15) is 0 Å². The summed E-state index contributed by atoms with van der Waals surface area (Å²) in [5, 5.41) is 2.62. The lowest BCUT2D eigenvalue weighted by Crippen LogP contribution is -2.37. The van der Waals surface area contributed by atoms with Crippen LogP contribution in [0.4, 0.5) is 0 Å². The lowest BCUT2D eigenvalue weighted by molar-refractivity contribution is -0.132. The minimum atomic E-state index is -0.0451. The fraction of sp³-hybridized carbons (Fsp3) is 0.538. The summed E-state index contributed by atoms with van der Waals surface area (Å²) in [4.78, 5) is 27.6. The number of nitrogens with zero attached hydrogens (tertiary/aromatic N) is 1. The highest BCUT2D eigenvalue weighted by atomic mass is 32.1. The van der Waals surface area contributed by atoms with Gasteiger partial charge in [-0.1, -0.05) is 0 Å². The summed E-state index contributed by atoms with van der Waals surface area (Å²) < 4.78 is 0. The van der Waals surface area contributed by atoms with Gasteiger partial charge in [0.2, 0.25) is 11.8 Å². The van der Waals surface area contributed by atoms with Crippen molar-refractivity contribution in [1.82, 2.24) is 10.2 Å². The Morgan fingerprint density at radius 3 is 2.72 bits per heavy atom. The van der Waals surface area contributed by atoms with Gasteiger partial charge in [0.15, 0.2) is 0 Å². The molecule has 1 aliphatic rings. The van der Waals surface area contributed by atoms with Gasteiger partial charge in [0.1, 0.15) is 0 Å². The Bertz CT molecular complexity index is 481. The van der Waals surface area contributed by atoms with E-state index in [2.05, 4.69) is 25.2 Å². The van der Waals surface area contributed by atoms with E-state index >= 15 is 0 Å². The van der Waals surface area contributed by atoms with Crippen LogP contribution in [0, 0.1) is 13.8 Å². The van der Waals surface area contributed by atoms with Gasteiger partial charge in [-0.15, -0.1) is 11.3 Å². The largest absolute Gasteiger partial charge is 0.347 e. The zero-order valence-electron chi connectivity index (χ0n) is 10.9. The number of aryl methyl sites for hydroxylation is 2. The fourth-order valence-electron chi connectivity index (χ4n) is 2.35. The molecule has 2 amide bonds. The van der Waals surface area contributed by atoms with Crippen molar-refractivity contribution in [3.05, 3.63) is 21.4 Å². The van der Waals surface area contributed by atoms with Crippen molar-refractivity contribution in [2.45, 2.75) is 33.2 Å². The number of hydrogen-bond acceptors (Lipinski definition) is 3. The summed E-state index contributed by atoms with van der Waals surface area (Å²) in [7, 11) is 0. The second-order valence-corrected chi connectivity index (χ2v) is 6.12. The van der Waals surface area contributed by atoms with E-state index in [4.69, 9.17) is 0 Å². The zero-order chi connectivity index (χ0) is 13.3. The molecule has 1 aromatic heterocycles. The van der Waals surface area contributed by atoms with E-state index < -0.39 is 0 Å². The minimum Gasteiger partial charge on any atom is -0.347 e. The van der Waals surface area contributed by atoms with E-state index in [0.717, 1.165) is 0 Å². The monoisotopic (exact) mass is 266 g/mol. The van der Waals surface area contributed by atoms with Crippen LogP contribution in [0.25, 0.3) is 0 Å². The number of nitrogens with one attached hydrogen (secondary N) is 1. The molecule has 1 aliphatic heterocycles. The summed E-state index contributed by atoms with van der Waals surface area (Å²) in [6.07, 6.45) is 0.387. The van der Waals surface area contributed by atoms with Crippen molar-refractivity contribution in [3.8, 4) is 0 Å². The number of rotatable bonds is 2. The Morgan fingerprint density at radius 2 is 2.11 bits per heavy atom. The van der Waals surface area contributed by atoms with Crippen molar-refractivity contribution in [3.63, 3.8) is 0 Å². The quantitative estimate of drug-likeness (QED) is 0.887. The van der Waals surface area contributed by atoms with Gasteiger partial charge in [-0.05, 0) is 32.4 Å². The van der Waals surface area contributed by atoms with E-state index in [-0.39, 0.29) is 24.4 Å². The zero-order valence-corrected chi connectivity index (χ0v) is 11.8. The normalized spacial score (nSPS) is 18.5. The molecule has 4 nitrogen and oxygen atoms in total. The fourth-order valence-corrected chi connectivity index (χ4v) is 3.37. The first kappa shape index (κ1) is 13.1. The van der Waals surface area contributed by atoms with Crippen molar-refractivity contribution in [2.75, 3.05) is 13.1 Å². The summed E-state index contributed by atoms with van der Waals surface area (Å²) >= 11 is 1.75. The van der Waals surface area contributed by atoms with Gasteiger partial charge in [-0.25, -0.2) is 0 Å². The minimum absolute atomic E-state index is 0.00315. The molecule has 1 aromatic rings. The summed E-state index contributed by atoms with van der Waals surface area (Å²) in [5.41, 5.74) is 1.19. The number of carbonyl (C=O) groups excluding carboxylic acids is 2. The standard InChI is InChI=1S/C13H18N2O2S/c1-8-6-11(10(3)18-8)9(2)15-5-4-12(16)14-7-13(15)17/h6,9H,4-5,7H2,1-3H3,(H,14,16). The molecule has 0 spiro atoms. The first-order valence-corrected chi connectivity index (χ1v) is 6.94. The molecule has 2 rings (SSSR count). The average molecular weight is 266 g/mol. The molecule has 0 bridgehead atoms. The third kappa shape index (κ3) is 2.56. The highest BCUT2D eigenvalue weighted by Crippen LogP contribution is 2.30. The maximum Gasteiger partial charge on any atom is 0.242 e. The van der Waals surface area contributed by atoms with E-state index in [0.29, 0.717) is 13.0 Å². The lowest BCUT2D eigenvalue weighted by Gasteiger charge is -2.27. The van der Waals surface area contributed by atoms with Gasteiger partial charge in [0.25, 0.3) is 0 Å². The molecule has 2 heterocycles. The van der Waals surface area contributed by atoms with Crippen LogP contribution in [0.2, 0.25) is 0 Å². The van der Waals surface area contributed by atoms with Crippen molar-refractivity contribution >= 4 is 23.2 Å². The Kier molecular flexibility index (Phi) is 3.71. The molecule has 98 valence electrons. The molecule has 18 heavy (non-hydrogen) atoms. The Morgan fingerprint density at radius 1 is 1.39 bits per heavy atom. The van der Waals surface area contributed by atoms with Crippen molar-refractivity contribution < 1.29 is 9.59 Å². The number of thiophene rings is 1. The maximum absolute atomic E-state index is 12.0. The van der Waals surface area contributed by atoms with Crippen LogP contribution >= 0.6 is 11.3 Å². The van der Waals surface area contributed by atoms with Crippen LogP contribution in [0.5, 0.6) is 0 Å². The van der Waals surface area contributed by atoms with Crippen molar-refractivity contribution in [2.24, 2.45) is 0 Å². The van der Waals surface area contributed by atoms with Crippen LogP contribution in [-0.4, -0.2) is 29.8 Å². The number of amides is 2. The van der Waals surface area contributed by atoms with Crippen LogP contribution in [0.1, 0.15) is 34.7 Å². The highest BCUT2D eigenvalue weighted by molar-refractivity contribution is 7.12. The predicted octanol–water partition coefficient (Wildman–Crippen LogP) is 1.77. The molecule has 0 aromatic carbocycles. The Hall–Kier alpha value is -1.36. The average Bonchev–Trinajstić information content (AvgIpc) is 2.55.